The lowest BCUT2D eigenvalue weighted by Gasteiger charge is -2.51. The molecule has 0 spiro atoms. The highest BCUT2D eigenvalue weighted by Crippen LogP contribution is 2.32. The minimum atomic E-state index is -0.0233. The van der Waals surface area contributed by atoms with Gasteiger partial charge < -0.3 is 9.64 Å². The first-order chi connectivity index (χ1) is 13.5. The van der Waals surface area contributed by atoms with Crippen LogP contribution in [0.4, 0.5) is 5.82 Å². The van der Waals surface area contributed by atoms with Crippen LogP contribution in [0, 0.1) is 5.92 Å². The van der Waals surface area contributed by atoms with E-state index in [9.17, 15) is 4.79 Å². The van der Waals surface area contributed by atoms with Gasteiger partial charge in [-0.05, 0) is 30.9 Å². The van der Waals surface area contributed by atoms with E-state index in [2.05, 4.69) is 28.6 Å². The van der Waals surface area contributed by atoms with Gasteiger partial charge in [0.15, 0.2) is 0 Å². The Labute approximate surface area is 169 Å². The number of piperazine rings is 1. The quantitative estimate of drug-likeness (QED) is 0.719. The summed E-state index contributed by atoms with van der Waals surface area (Å²) in [5.74, 6) is 1.60. The number of amides is 1. The summed E-state index contributed by atoms with van der Waals surface area (Å²) in [5, 5.41) is 0. The Morgan fingerprint density at radius 2 is 1.93 bits per heavy atom. The minimum absolute atomic E-state index is 0.0233. The van der Waals surface area contributed by atoms with E-state index in [0.717, 1.165) is 58.1 Å². The second-order valence-corrected chi connectivity index (χ2v) is 8.54. The van der Waals surface area contributed by atoms with E-state index in [1.54, 1.807) is 6.20 Å². The number of hydrogen-bond donors (Lipinski definition) is 0. The predicted molar refractivity (Wildman–Crippen MR) is 113 cm³/mol. The molecule has 0 N–H and O–H groups in total. The fraction of sp³-hybridized carbons (Fsp3) is 0.727. The zero-order chi connectivity index (χ0) is 20.0. The highest BCUT2D eigenvalue weighted by molar-refractivity contribution is 5.92. The maximum absolute atomic E-state index is 12.8. The molecule has 0 bridgehead atoms. The molecule has 0 radical (unpaired) electrons. The summed E-state index contributed by atoms with van der Waals surface area (Å²) < 4.78 is 5.71. The molecule has 0 unspecified atom stereocenters. The van der Waals surface area contributed by atoms with Gasteiger partial charge in [-0.1, -0.05) is 26.8 Å². The van der Waals surface area contributed by atoms with E-state index in [1.807, 2.05) is 30.0 Å². The van der Waals surface area contributed by atoms with Gasteiger partial charge in [0.05, 0.1) is 0 Å². The largest absolute Gasteiger partial charge is 0.381 e. The van der Waals surface area contributed by atoms with Crippen LogP contribution in [-0.2, 0) is 9.53 Å². The van der Waals surface area contributed by atoms with Crippen LogP contribution in [0.5, 0.6) is 0 Å². The molecule has 2 aliphatic heterocycles. The van der Waals surface area contributed by atoms with Gasteiger partial charge in [0, 0.05) is 70.6 Å². The summed E-state index contributed by atoms with van der Waals surface area (Å²) in [4.78, 5) is 24.4. The molecule has 28 heavy (non-hydrogen) atoms. The molecule has 6 heteroatoms. The lowest BCUT2D eigenvalue weighted by atomic mass is 9.86. The van der Waals surface area contributed by atoms with E-state index in [1.165, 1.54) is 6.54 Å². The maximum atomic E-state index is 12.8. The monoisotopic (exact) mass is 388 g/mol. The summed E-state index contributed by atoms with van der Waals surface area (Å²) in [7, 11) is 0. The number of anilines is 1. The van der Waals surface area contributed by atoms with Crippen molar-refractivity contribution < 1.29 is 9.53 Å². The predicted octanol–water partition coefficient (Wildman–Crippen LogP) is 2.65. The van der Waals surface area contributed by atoms with Crippen LogP contribution in [0.15, 0.2) is 24.4 Å². The van der Waals surface area contributed by atoms with Crippen LogP contribution >= 0.6 is 0 Å². The van der Waals surface area contributed by atoms with E-state index in [-0.39, 0.29) is 11.4 Å². The van der Waals surface area contributed by atoms with Gasteiger partial charge in [0.1, 0.15) is 5.82 Å². The smallest absolute Gasteiger partial charge is 0.227 e. The lowest BCUT2D eigenvalue weighted by Crippen LogP contribution is -2.63. The molecule has 6 nitrogen and oxygen atoms in total. The van der Waals surface area contributed by atoms with Gasteiger partial charge in [-0.2, -0.15) is 0 Å². The van der Waals surface area contributed by atoms with Crippen LogP contribution in [0.1, 0.15) is 40.0 Å². The average Bonchev–Trinajstić information content (AvgIpc) is 2.73. The Bertz CT molecular complexity index is 608. The summed E-state index contributed by atoms with van der Waals surface area (Å²) in [6, 6.07) is 5.80. The van der Waals surface area contributed by atoms with Crippen molar-refractivity contribution in [3.05, 3.63) is 24.4 Å². The first-order valence-electron chi connectivity index (χ1n) is 10.8. The van der Waals surface area contributed by atoms with Gasteiger partial charge in [0.2, 0.25) is 5.91 Å². The topological polar surface area (TPSA) is 48.9 Å². The van der Waals surface area contributed by atoms with E-state index >= 15 is 0 Å². The Balaban J connectivity index is 1.78. The third kappa shape index (κ3) is 5.10. The van der Waals surface area contributed by atoms with Crippen molar-refractivity contribution >= 4 is 11.7 Å². The molecule has 1 aromatic rings. The van der Waals surface area contributed by atoms with Gasteiger partial charge in [-0.25, -0.2) is 4.98 Å². The third-order valence-electron chi connectivity index (χ3n) is 6.07. The molecular formula is C22H36N4O2. The summed E-state index contributed by atoms with van der Waals surface area (Å²) >= 11 is 0. The number of hydrogen-bond acceptors (Lipinski definition) is 5. The molecule has 3 heterocycles. The Morgan fingerprint density at radius 3 is 2.50 bits per heavy atom. The molecule has 2 fully saturated rings. The van der Waals surface area contributed by atoms with Gasteiger partial charge >= 0.3 is 0 Å². The molecule has 156 valence electrons. The second kappa shape index (κ2) is 9.81. The first kappa shape index (κ1) is 21.2. The molecule has 2 saturated heterocycles. The van der Waals surface area contributed by atoms with E-state index < -0.39 is 0 Å². The SMILES string of the molecule is CCC(=O)N(CC1(N2CCN(CC(C)C)CC2)CCOCC1)c1ccccn1. The minimum Gasteiger partial charge on any atom is -0.381 e. The third-order valence-corrected chi connectivity index (χ3v) is 6.07. The van der Waals surface area contributed by atoms with Crippen LogP contribution in [-0.4, -0.2) is 78.7 Å². The fourth-order valence-corrected chi connectivity index (χ4v) is 4.54. The van der Waals surface area contributed by atoms with Crippen LogP contribution in [0.2, 0.25) is 0 Å². The Morgan fingerprint density at radius 1 is 1.21 bits per heavy atom. The van der Waals surface area contributed by atoms with Gasteiger partial charge in [0.25, 0.3) is 0 Å². The van der Waals surface area contributed by atoms with Crippen molar-refractivity contribution in [2.24, 2.45) is 5.92 Å². The zero-order valence-electron chi connectivity index (χ0n) is 17.8. The molecule has 0 saturated carbocycles. The molecule has 0 aliphatic carbocycles. The molecule has 2 aliphatic rings. The van der Waals surface area contributed by atoms with Crippen molar-refractivity contribution in [3.63, 3.8) is 0 Å². The Kier molecular flexibility index (Phi) is 7.43. The highest BCUT2D eigenvalue weighted by Gasteiger charge is 2.42. The van der Waals surface area contributed by atoms with Crippen molar-refractivity contribution in [3.8, 4) is 0 Å². The molecular weight excluding hydrogens is 352 g/mol. The number of ether oxygens (including phenoxy) is 1. The maximum Gasteiger partial charge on any atom is 0.227 e. The second-order valence-electron chi connectivity index (χ2n) is 8.54. The van der Waals surface area contributed by atoms with Crippen LogP contribution in [0.3, 0.4) is 0 Å². The van der Waals surface area contributed by atoms with Crippen molar-refractivity contribution in [1.29, 1.82) is 0 Å². The highest BCUT2D eigenvalue weighted by atomic mass is 16.5. The number of rotatable bonds is 7. The zero-order valence-corrected chi connectivity index (χ0v) is 17.8. The van der Waals surface area contributed by atoms with Gasteiger partial charge in [-0.3, -0.25) is 14.6 Å². The van der Waals surface area contributed by atoms with Crippen LogP contribution < -0.4 is 4.90 Å². The lowest BCUT2D eigenvalue weighted by molar-refractivity contribution is -0.119. The number of carbonyl (C=O) groups excluding carboxylic acids is 1. The summed E-state index contributed by atoms with van der Waals surface area (Å²) in [6.07, 6.45) is 4.20. The van der Waals surface area contributed by atoms with Crippen molar-refractivity contribution in [1.82, 2.24) is 14.8 Å². The summed E-state index contributed by atoms with van der Waals surface area (Å²) in [5.41, 5.74) is -0.0233. The normalized spacial score (nSPS) is 21.0. The molecule has 3 rings (SSSR count). The fourth-order valence-electron chi connectivity index (χ4n) is 4.54. The average molecular weight is 389 g/mol. The van der Waals surface area contributed by atoms with Crippen molar-refractivity contribution in [2.75, 3.05) is 57.4 Å². The number of pyridine rings is 1. The van der Waals surface area contributed by atoms with Gasteiger partial charge in [-0.15, -0.1) is 0 Å². The number of carbonyl (C=O) groups is 1. The first-order valence-corrected chi connectivity index (χ1v) is 10.8. The number of nitrogens with zero attached hydrogens (tertiary/aromatic N) is 4. The van der Waals surface area contributed by atoms with Crippen molar-refractivity contribution in [2.45, 2.75) is 45.6 Å². The molecule has 0 atom stereocenters. The summed E-state index contributed by atoms with van der Waals surface area (Å²) in [6.45, 7) is 14.2. The van der Waals surface area contributed by atoms with Crippen LogP contribution in [0.25, 0.3) is 0 Å². The van der Waals surface area contributed by atoms with E-state index in [0.29, 0.717) is 18.9 Å². The molecule has 0 aromatic carbocycles. The van der Waals surface area contributed by atoms with E-state index in [4.69, 9.17) is 4.74 Å². The number of aromatic nitrogens is 1. The standard InChI is InChI=1S/C22H36N4O2/c1-4-21(27)26(20-7-5-6-10-23-20)18-22(8-15-28-16-9-22)25-13-11-24(12-14-25)17-19(2)3/h5-7,10,19H,4,8-9,11-18H2,1-3H3. The Hall–Kier alpha value is -1.50. The molecule has 1 amide bonds. The molecule has 1 aromatic heterocycles.